The summed E-state index contributed by atoms with van der Waals surface area (Å²) in [6.45, 7) is -0.000937. The molecule has 8 heteroatoms. The summed E-state index contributed by atoms with van der Waals surface area (Å²) in [7, 11) is 2.97. The second-order valence-electron chi connectivity index (χ2n) is 6.75. The van der Waals surface area contributed by atoms with Crippen molar-refractivity contribution in [2.75, 3.05) is 27.6 Å². The largest absolute Gasteiger partial charge is 0.493 e. The topological polar surface area (TPSA) is 101 Å². The molecule has 1 N–H and O–H groups in total. The highest BCUT2D eigenvalue weighted by atomic mass is 16.7. The van der Waals surface area contributed by atoms with Gasteiger partial charge in [-0.2, -0.15) is 0 Å². The maximum Gasteiger partial charge on any atom is 0.312 e. The SMILES string of the molecule is COc1ccc(C(=O)[C@@H]2COC(=O)[C@H]2[C@H](O)c2ccc3c(c2)OCO3)cc1OC. The van der Waals surface area contributed by atoms with Crippen LogP contribution in [0.25, 0.3) is 0 Å². The average Bonchev–Trinajstić information content (AvgIpc) is 3.37. The Kier molecular flexibility index (Phi) is 5.02. The first-order valence-corrected chi connectivity index (χ1v) is 9.04. The summed E-state index contributed by atoms with van der Waals surface area (Å²) in [5.74, 6) is -0.868. The van der Waals surface area contributed by atoms with E-state index in [-0.39, 0.29) is 19.2 Å². The Balaban J connectivity index is 1.61. The quantitative estimate of drug-likeness (QED) is 0.582. The molecule has 0 saturated carbocycles. The predicted molar refractivity (Wildman–Crippen MR) is 99.3 cm³/mol. The van der Waals surface area contributed by atoms with E-state index in [9.17, 15) is 14.7 Å². The number of esters is 1. The van der Waals surface area contributed by atoms with Gasteiger partial charge in [0.05, 0.1) is 26.2 Å². The Morgan fingerprint density at radius 1 is 1.03 bits per heavy atom. The van der Waals surface area contributed by atoms with E-state index in [1.807, 2.05) is 0 Å². The van der Waals surface area contributed by atoms with E-state index >= 15 is 0 Å². The lowest BCUT2D eigenvalue weighted by Gasteiger charge is -2.21. The zero-order valence-corrected chi connectivity index (χ0v) is 15.9. The first kappa shape index (κ1) is 19.1. The van der Waals surface area contributed by atoms with E-state index in [4.69, 9.17) is 23.7 Å². The molecule has 1 fully saturated rings. The molecule has 0 bridgehead atoms. The number of methoxy groups -OCH3 is 2. The standard InChI is InChI=1S/C21H20O8/c1-25-14-5-3-11(7-16(14)26-2)19(22)13-9-27-21(24)18(13)20(23)12-4-6-15-17(8-12)29-10-28-15/h3-8,13,18,20,23H,9-10H2,1-2H3/t13-,18-,20-/m1/s1. The molecule has 152 valence electrons. The molecule has 2 aliphatic heterocycles. The van der Waals surface area contributed by atoms with Gasteiger partial charge in [-0.25, -0.2) is 0 Å². The Labute approximate surface area is 166 Å². The lowest BCUT2D eigenvalue weighted by atomic mass is 9.82. The van der Waals surface area contributed by atoms with E-state index in [1.54, 1.807) is 36.4 Å². The van der Waals surface area contributed by atoms with Crippen molar-refractivity contribution in [1.29, 1.82) is 0 Å². The van der Waals surface area contributed by atoms with Gasteiger partial charge in [-0.15, -0.1) is 0 Å². The van der Waals surface area contributed by atoms with Crippen LogP contribution in [0, 0.1) is 11.8 Å². The van der Waals surface area contributed by atoms with Crippen LogP contribution < -0.4 is 18.9 Å². The molecule has 2 heterocycles. The number of aliphatic hydroxyl groups is 1. The number of ether oxygens (including phenoxy) is 5. The molecular weight excluding hydrogens is 380 g/mol. The van der Waals surface area contributed by atoms with E-state index in [1.165, 1.54) is 14.2 Å². The average molecular weight is 400 g/mol. The van der Waals surface area contributed by atoms with Crippen molar-refractivity contribution in [2.24, 2.45) is 11.8 Å². The molecule has 0 aliphatic carbocycles. The van der Waals surface area contributed by atoms with Gasteiger partial charge in [0.25, 0.3) is 0 Å². The lowest BCUT2D eigenvalue weighted by molar-refractivity contribution is -0.144. The molecule has 0 amide bonds. The monoisotopic (exact) mass is 400 g/mol. The third kappa shape index (κ3) is 3.36. The summed E-state index contributed by atoms with van der Waals surface area (Å²) in [4.78, 5) is 25.5. The van der Waals surface area contributed by atoms with Crippen LogP contribution in [0.3, 0.4) is 0 Å². The Morgan fingerprint density at radius 2 is 1.79 bits per heavy atom. The number of hydrogen-bond donors (Lipinski definition) is 1. The third-order valence-corrected chi connectivity index (χ3v) is 5.19. The minimum atomic E-state index is -1.23. The molecule has 29 heavy (non-hydrogen) atoms. The van der Waals surface area contributed by atoms with Crippen molar-refractivity contribution in [3.05, 3.63) is 47.5 Å². The van der Waals surface area contributed by atoms with Crippen molar-refractivity contribution >= 4 is 11.8 Å². The highest BCUT2D eigenvalue weighted by Gasteiger charge is 2.46. The number of fused-ring (bicyclic) bond motifs is 1. The highest BCUT2D eigenvalue weighted by Crippen LogP contribution is 2.40. The zero-order valence-electron chi connectivity index (χ0n) is 15.9. The number of hydrogen-bond acceptors (Lipinski definition) is 8. The maximum atomic E-state index is 13.1. The van der Waals surface area contributed by atoms with Crippen LogP contribution in [0.2, 0.25) is 0 Å². The molecule has 1 saturated heterocycles. The molecule has 4 rings (SSSR count). The Bertz CT molecular complexity index is 954. The summed E-state index contributed by atoms with van der Waals surface area (Å²) in [6.07, 6.45) is -1.23. The van der Waals surface area contributed by atoms with E-state index in [2.05, 4.69) is 0 Å². The van der Waals surface area contributed by atoms with E-state index in [0.717, 1.165) is 0 Å². The Hall–Kier alpha value is -3.26. The van der Waals surface area contributed by atoms with Crippen LogP contribution in [-0.2, 0) is 9.53 Å². The number of cyclic esters (lactones) is 1. The minimum Gasteiger partial charge on any atom is -0.493 e. The summed E-state index contributed by atoms with van der Waals surface area (Å²) in [5, 5.41) is 10.9. The van der Waals surface area contributed by atoms with Gasteiger partial charge < -0.3 is 28.8 Å². The van der Waals surface area contributed by atoms with Crippen molar-refractivity contribution < 1.29 is 38.4 Å². The van der Waals surface area contributed by atoms with Gasteiger partial charge >= 0.3 is 5.97 Å². The van der Waals surface area contributed by atoms with Crippen molar-refractivity contribution in [1.82, 2.24) is 0 Å². The van der Waals surface area contributed by atoms with Gasteiger partial charge in [0.2, 0.25) is 6.79 Å². The summed E-state index contributed by atoms with van der Waals surface area (Å²) in [6, 6.07) is 9.67. The van der Waals surface area contributed by atoms with Crippen LogP contribution in [0.5, 0.6) is 23.0 Å². The molecule has 0 radical (unpaired) electrons. The number of benzene rings is 2. The maximum absolute atomic E-state index is 13.1. The third-order valence-electron chi connectivity index (χ3n) is 5.19. The molecule has 2 aromatic rings. The molecule has 8 nitrogen and oxygen atoms in total. The number of rotatable bonds is 6. The number of ketones is 1. The van der Waals surface area contributed by atoms with Crippen molar-refractivity contribution in [3.63, 3.8) is 0 Å². The van der Waals surface area contributed by atoms with Gasteiger partial charge in [-0.3, -0.25) is 9.59 Å². The Morgan fingerprint density at radius 3 is 2.55 bits per heavy atom. The molecule has 2 aliphatic rings. The first-order valence-electron chi connectivity index (χ1n) is 9.04. The fraction of sp³-hybridized carbons (Fsp3) is 0.333. The van der Waals surface area contributed by atoms with Gasteiger partial charge in [0.15, 0.2) is 28.8 Å². The summed E-state index contributed by atoms with van der Waals surface area (Å²) in [5.41, 5.74) is 0.789. The zero-order chi connectivity index (χ0) is 20.5. The second-order valence-corrected chi connectivity index (χ2v) is 6.75. The van der Waals surface area contributed by atoms with Crippen molar-refractivity contribution in [3.8, 4) is 23.0 Å². The fourth-order valence-electron chi connectivity index (χ4n) is 3.63. The number of aliphatic hydroxyl groups excluding tert-OH is 1. The number of Topliss-reactive ketones (excluding diaryl/α,β-unsaturated/α-hetero) is 1. The molecule has 2 aromatic carbocycles. The molecule has 3 atom stereocenters. The lowest BCUT2D eigenvalue weighted by Crippen LogP contribution is -2.29. The van der Waals surface area contributed by atoms with E-state index in [0.29, 0.717) is 34.1 Å². The normalized spacial score (nSPS) is 20.9. The van der Waals surface area contributed by atoms with Gasteiger partial charge in [-0.05, 0) is 35.9 Å². The van der Waals surface area contributed by atoms with Crippen molar-refractivity contribution in [2.45, 2.75) is 6.10 Å². The molecular formula is C21H20O8. The number of carbonyl (C=O) groups excluding carboxylic acids is 2. The molecule has 0 spiro atoms. The van der Waals surface area contributed by atoms with Gasteiger partial charge in [0, 0.05) is 5.56 Å². The smallest absolute Gasteiger partial charge is 0.312 e. The minimum absolute atomic E-state index is 0.0980. The van der Waals surface area contributed by atoms with Crippen LogP contribution in [0.15, 0.2) is 36.4 Å². The van der Waals surface area contributed by atoms with Crippen LogP contribution in [-0.4, -0.2) is 44.5 Å². The first-order chi connectivity index (χ1) is 14.0. The molecule has 0 aromatic heterocycles. The van der Waals surface area contributed by atoms with Gasteiger partial charge in [0.1, 0.15) is 12.5 Å². The summed E-state index contributed by atoms with van der Waals surface area (Å²) < 4.78 is 26.2. The number of carbonyl (C=O) groups is 2. The predicted octanol–water partition coefficient (Wildman–Crippen LogP) is 2.14. The van der Waals surface area contributed by atoms with E-state index < -0.39 is 23.9 Å². The van der Waals surface area contributed by atoms with Gasteiger partial charge in [-0.1, -0.05) is 6.07 Å². The second kappa shape index (κ2) is 7.63. The van der Waals surface area contributed by atoms with Crippen LogP contribution in [0.4, 0.5) is 0 Å². The highest BCUT2D eigenvalue weighted by molar-refractivity contribution is 6.01. The molecule has 0 unspecified atom stereocenters. The fourth-order valence-corrected chi connectivity index (χ4v) is 3.63. The summed E-state index contributed by atoms with van der Waals surface area (Å²) >= 11 is 0. The van der Waals surface area contributed by atoms with Crippen LogP contribution in [0.1, 0.15) is 22.0 Å². The van der Waals surface area contributed by atoms with Crippen LogP contribution >= 0.6 is 0 Å².